The number of piperidine rings is 1. The Kier molecular flexibility index (Phi) is 4.81. The standard InChI is InChI=1S/C30H32N2O3/c1-31(27(34)13-10-19-6-3-2-4-7-19)23-12-11-22-24-16-20-8-5-9-26-28(20)30(22,29(23)35-26)14-15-32(24)18-21-17-25(21)33/h2-9,21-25,29,33H,11-12,14-18H2,1H3/t21?,22-,23+,24+,25?,29-,30-/m0/s1. The van der Waals surface area contributed by atoms with Crippen molar-refractivity contribution in [2.75, 3.05) is 20.1 Å². The fraction of sp³-hybridized carbons (Fsp3) is 0.500. The Bertz CT molecular complexity index is 1230. The third kappa shape index (κ3) is 3.20. The number of aliphatic hydroxyl groups is 1. The molecule has 35 heavy (non-hydrogen) atoms. The lowest BCUT2D eigenvalue weighted by Gasteiger charge is -2.60. The number of likely N-dealkylation sites (N-methyl/N-ethyl adjacent to an activating group) is 1. The van der Waals surface area contributed by atoms with Crippen LogP contribution in [0.25, 0.3) is 0 Å². The van der Waals surface area contributed by atoms with Crippen molar-refractivity contribution in [3.63, 3.8) is 0 Å². The van der Waals surface area contributed by atoms with Crippen LogP contribution in [0.3, 0.4) is 0 Å². The molecule has 7 rings (SSSR count). The van der Waals surface area contributed by atoms with E-state index in [1.54, 1.807) is 0 Å². The van der Waals surface area contributed by atoms with Crippen molar-refractivity contribution in [3.8, 4) is 17.6 Å². The zero-order valence-corrected chi connectivity index (χ0v) is 20.2. The molecule has 7 atom stereocenters. The first-order chi connectivity index (χ1) is 17.1. The number of carbonyl (C=O) groups excluding carboxylic acids is 1. The fourth-order valence-electron chi connectivity index (χ4n) is 7.81. The summed E-state index contributed by atoms with van der Waals surface area (Å²) in [6.45, 7) is 2.05. The van der Waals surface area contributed by atoms with Crippen molar-refractivity contribution >= 4 is 5.91 Å². The van der Waals surface area contributed by atoms with Crippen LogP contribution in [0.2, 0.25) is 0 Å². The van der Waals surface area contributed by atoms with Gasteiger partial charge < -0.3 is 14.7 Å². The summed E-state index contributed by atoms with van der Waals surface area (Å²) in [7, 11) is 1.90. The number of likely N-dealkylation sites (tertiary alicyclic amines) is 1. The van der Waals surface area contributed by atoms with Gasteiger partial charge in [-0.15, -0.1) is 0 Å². The summed E-state index contributed by atoms with van der Waals surface area (Å²) in [5.74, 6) is 7.78. The van der Waals surface area contributed by atoms with Gasteiger partial charge in [0.2, 0.25) is 0 Å². The third-order valence-corrected chi connectivity index (χ3v) is 9.56. The van der Waals surface area contributed by atoms with Gasteiger partial charge in [0.1, 0.15) is 11.9 Å². The Morgan fingerprint density at radius 3 is 2.83 bits per heavy atom. The van der Waals surface area contributed by atoms with Gasteiger partial charge in [0, 0.05) is 48.0 Å². The predicted octanol–water partition coefficient (Wildman–Crippen LogP) is 2.99. The first-order valence-corrected chi connectivity index (χ1v) is 13.1. The number of benzene rings is 2. The van der Waals surface area contributed by atoms with Gasteiger partial charge in [-0.2, -0.15) is 0 Å². The molecule has 5 aliphatic rings. The van der Waals surface area contributed by atoms with Gasteiger partial charge in [-0.05, 0) is 68.3 Å². The van der Waals surface area contributed by atoms with Crippen LogP contribution in [-0.2, 0) is 16.6 Å². The summed E-state index contributed by atoms with van der Waals surface area (Å²) >= 11 is 0. The number of hydrogen-bond acceptors (Lipinski definition) is 4. The molecule has 3 aliphatic carbocycles. The molecular weight excluding hydrogens is 436 g/mol. The summed E-state index contributed by atoms with van der Waals surface area (Å²) < 4.78 is 6.77. The van der Waals surface area contributed by atoms with Crippen molar-refractivity contribution in [3.05, 3.63) is 65.2 Å². The molecule has 3 fully saturated rings. The lowest BCUT2D eigenvalue weighted by atomic mass is 9.51. The average molecular weight is 469 g/mol. The second-order valence-corrected chi connectivity index (χ2v) is 11.2. The van der Waals surface area contributed by atoms with Crippen LogP contribution in [0, 0.1) is 23.7 Å². The highest BCUT2D eigenvalue weighted by atomic mass is 16.5. The highest BCUT2D eigenvalue weighted by molar-refractivity contribution is 5.94. The van der Waals surface area contributed by atoms with E-state index in [9.17, 15) is 9.90 Å². The molecule has 1 N–H and O–H groups in total. The SMILES string of the molecule is CN(C(=O)C#Cc1ccccc1)[C@@H]1CC[C@H]2[C@H]3Cc4cccc5c4[C@@]2(CCN3CC2CC2O)[C@H]1O5. The summed E-state index contributed by atoms with van der Waals surface area (Å²) in [4.78, 5) is 17.7. The van der Waals surface area contributed by atoms with E-state index in [-0.39, 0.29) is 29.6 Å². The second-order valence-electron chi connectivity index (χ2n) is 11.2. The topological polar surface area (TPSA) is 53.0 Å². The van der Waals surface area contributed by atoms with E-state index in [1.807, 2.05) is 42.3 Å². The number of carbonyl (C=O) groups is 1. The van der Waals surface area contributed by atoms with E-state index in [4.69, 9.17) is 4.74 Å². The molecule has 1 saturated heterocycles. The smallest absolute Gasteiger partial charge is 0.298 e. The number of aliphatic hydroxyl groups excluding tert-OH is 1. The van der Waals surface area contributed by atoms with Crippen LogP contribution < -0.4 is 4.74 Å². The number of nitrogens with zero attached hydrogens (tertiary/aromatic N) is 2. The van der Waals surface area contributed by atoms with Crippen molar-refractivity contribution in [1.82, 2.24) is 9.80 Å². The third-order valence-electron chi connectivity index (χ3n) is 9.56. The Balaban J connectivity index is 1.21. The van der Waals surface area contributed by atoms with Gasteiger partial charge in [-0.25, -0.2) is 0 Å². The number of ether oxygens (including phenoxy) is 1. The first-order valence-electron chi connectivity index (χ1n) is 13.1. The summed E-state index contributed by atoms with van der Waals surface area (Å²) in [5, 5.41) is 9.99. The summed E-state index contributed by atoms with van der Waals surface area (Å²) in [5.41, 5.74) is 3.68. The Morgan fingerprint density at radius 2 is 2.03 bits per heavy atom. The molecule has 2 aromatic carbocycles. The summed E-state index contributed by atoms with van der Waals surface area (Å²) in [6.07, 6.45) is 4.97. The molecule has 1 spiro atoms. The maximum atomic E-state index is 13.2. The van der Waals surface area contributed by atoms with Gasteiger partial charge in [0.25, 0.3) is 5.91 Å². The van der Waals surface area contributed by atoms with Gasteiger partial charge in [-0.3, -0.25) is 9.69 Å². The zero-order chi connectivity index (χ0) is 23.7. The van der Waals surface area contributed by atoms with E-state index in [0.717, 1.165) is 56.5 Å². The van der Waals surface area contributed by atoms with E-state index in [2.05, 4.69) is 34.9 Å². The van der Waals surface area contributed by atoms with E-state index in [0.29, 0.717) is 17.9 Å². The highest BCUT2D eigenvalue weighted by Crippen LogP contribution is 2.62. The lowest BCUT2D eigenvalue weighted by Crippen LogP contribution is -2.69. The molecule has 2 bridgehead atoms. The molecule has 1 amide bonds. The van der Waals surface area contributed by atoms with Crippen LogP contribution in [0.15, 0.2) is 48.5 Å². The minimum Gasteiger partial charge on any atom is -0.487 e. The molecular formula is C30H32N2O3. The number of rotatable bonds is 3. The minimum atomic E-state index is -0.138. The largest absolute Gasteiger partial charge is 0.487 e. The van der Waals surface area contributed by atoms with Crippen LogP contribution in [0.5, 0.6) is 5.75 Å². The Morgan fingerprint density at radius 1 is 1.20 bits per heavy atom. The van der Waals surface area contributed by atoms with Crippen molar-refractivity contribution < 1.29 is 14.6 Å². The van der Waals surface area contributed by atoms with Gasteiger partial charge in [0.05, 0.1) is 12.1 Å². The van der Waals surface area contributed by atoms with Crippen molar-refractivity contribution in [2.24, 2.45) is 11.8 Å². The highest BCUT2D eigenvalue weighted by Gasteiger charge is 2.66. The minimum absolute atomic E-state index is 0.0135. The normalized spacial score (nSPS) is 35.8. The average Bonchev–Trinajstić information content (AvgIpc) is 3.46. The first kappa shape index (κ1) is 21.5. The maximum absolute atomic E-state index is 13.2. The molecule has 2 heterocycles. The fourth-order valence-corrected chi connectivity index (χ4v) is 7.81. The molecule has 2 saturated carbocycles. The van der Waals surface area contributed by atoms with Crippen LogP contribution in [0.4, 0.5) is 0 Å². The van der Waals surface area contributed by atoms with Crippen molar-refractivity contribution in [2.45, 2.75) is 61.8 Å². The Labute approximate surface area is 207 Å². The zero-order valence-electron chi connectivity index (χ0n) is 20.2. The lowest BCUT2D eigenvalue weighted by molar-refractivity contribution is -0.134. The number of amides is 1. The molecule has 5 nitrogen and oxygen atoms in total. The predicted molar refractivity (Wildman–Crippen MR) is 133 cm³/mol. The van der Waals surface area contributed by atoms with E-state index in [1.165, 1.54) is 11.1 Å². The molecule has 2 aliphatic heterocycles. The van der Waals surface area contributed by atoms with E-state index >= 15 is 0 Å². The molecule has 2 aromatic rings. The van der Waals surface area contributed by atoms with E-state index < -0.39 is 0 Å². The molecule has 2 unspecified atom stereocenters. The monoisotopic (exact) mass is 468 g/mol. The molecule has 180 valence electrons. The molecule has 0 radical (unpaired) electrons. The van der Waals surface area contributed by atoms with Gasteiger partial charge in [-0.1, -0.05) is 36.3 Å². The molecule has 0 aromatic heterocycles. The second kappa shape index (κ2) is 7.85. The molecule has 5 heteroatoms. The van der Waals surface area contributed by atoms with Crippen LogP contribution in [-0.4, -0.2) is 65.2 Å². The van der Waals surface area contributed by atoms with Gasteiger partial charge >= 0.3 is 0 Å². The van der Waals surface area contributed by atoms with Gasteiger partial charge in [0.15, 0.2) is 0 Å². The Hall–Kier alpha value is -2.81. The summed E-state index contributed by atoms with van der Waals surface area (Å²) in [6, 6.07) is 16.7. The number of hydrogen-bond donors (Lipinski definition) is 1. The van der Waals surface area contributed by atoms with Crippen LogP contribution in [0.1, 0.15) is 42.4 Å². The van der Waals surface area contributed by atoms with Crippen LogP contribution >= 0.6 is 0 Å². The quantitative estimate of drug-likeness (QED) is 0.704. The van der Waals surface area contributed by atoms with Crippen molar-refractivity contribution in [1.29, 1.82) is 0 Å². The maximum Gasteiger partial charge on any atom is 0.298 e.